The van der Waals surface area contributed by atoms with Gasteiger partial charge in [0.15, 0.2) is 0 Å². The Bertz CT molecular complexity index is 232. The Hall–Kier alpha value is -1.78. The van der Waals surface area contributed by atoms with Crippen LogP contribution in [-0.4, -0.2) is 15.0 Å². The predicted octanol–water partition coefficient (Wildman–Crippen LogP) is 0.594. The molecule has 0 spiro atoms. The van der Waals surface area contributed by atoms with Crippen molar-refractivity contribution in [1.82, 2.24) is 0 Å². The van der Waals surface area contributed by atoms with Gasteiger partial charge in [-0.2, -0.15) is 0 Å². The lowest BCUT2D eigenvalue weighted by molar-refractivity contribution is 0.415. The lowest BCUT2D eigenvalue weighted by Gasteiger charge is -1.97. The van der Waals surface area contributed by atoms with Crippen molar-refractivity contribution in [2.24, 2.45) is 0 Å². The first-order valence-corrected chi connectivity index (χ1v) is 3.13. The largest absolute Gasteiger partial charge is 0.497 e. The first-order valence-electron chi connectivity index (χ1n) is 3.13. The highest BCUT2D eigenvalue weighted by Crippen LogP contribution is 2.04. The molecule has 0 aliphatic carbocycles. The summed E-state index contributed by atoms with van der Waals surface area (Å²) in [5.74, 6) is 0.917. The van der Waals surface area contributed by atoms with E-state index < -0.39 is 0 Å². The monoisotopic (exact) mass is 228 g/mol. The van der Waals surface area contributed by atoms with Gasteiger partial charge >= 0.3 is 0 Å². The molecule has 0 heterocycles. The van der Waals surface area contributed by atoms with E-state index in [1.807, 2.05) is 24.3 Å². The molecule has 1 aromatic rings. The highest BCUT2D eigenvalue weighted by Gasteiger charge is 1.85. The van der Waals surface area contributed by atoms with E-state index in [2.05, 4.69) is 7.85 Å². The number of hydrogen-bond donors (Lipinski definition) is 0. The maximum atomic E-state index is 6.00. The number of nitrogens with zero attached hydrogens (tertiary/aromatic N) is 2. The summed E-state index contributed by atoms with van der Waals surface area (Å²) in [6.45, 7) is 0. The smallest absolute Gasteiger partial charge is 0.139 e. The molecule has 1 aromatic carbocycles. The molecule has 0 unspecified atom stereocenters. The Balaban J connectivity index is -0.0000000526. The molecule has 3 nitrogen and oxygen atoms in total. The van der Waals surface area contributed by atoms with Crippen molar-refractivity contribution in [3.8, 4) is 5.75 Å². The Kier molecular flexibility index (Phi) is 35.3. The summed E-state index contributed by atoms with van der Waals surface area (Å²) in [4.78, 5) is 0. The van der Waals surface area contributed by atoms with Crippen LogP contribution < -0.4 is 10.2 Å². The van der Waals surface area contributed by atoms with Crippen LogP contribution in [0.15, 0.2) is 24.3 Å². The number of hydrogen-bond acceptors (Lipinski definition) is 3. The van der Waals surface area contributed by atoms with Gasteiger partial charge in [0.25, 0.3) is 0 Å². The van der Waals surface area contributed by atoms with Crippen LogP contribution in [0.1, 0.15) is 0 Å². The van der Waals surface area contributed by atoms with Crippen molar-refractivity contribution >= 4 is 13.3 Å². The van der Waals surface area contributed by atoms with E-state index in [1.54, 1.807) is 7.11 Å². The van der Waals surface area contributed by atoms with Crippen molar-refractivity contribution in [3.05, 3.63) is 24.3 Å². The quantitative estimate of drug-likeness (QED) is 0.401. The van der Waals surface area contributed by atoms with Gasteiger partial charge in [0, 0.05) is 10.8 Å². The van der Waals surface area contributed by atoms with Gasteiger partial charge in [0.1, 0.15) is 13.6 Å². The minimum atomic E-state index is 0. The third-order valence-corrected chi connectivity index (χ3v) is 1.26. The number of rotatable bonds is 1. The van der Waals surface area contributed by atoms with E-state index in [0.29, 0.717) is 0 Å². The van der Waals surface area contributed by atoms with E-state index in [1.165, 1.54) is 5.46 Å². The molecule has 88 valence electrons. The van der Waals surface area contributed by atoms with E-state index in [-0.39, 0.29) is 18.8 Å². The first kappa shape index (κ1) is 29.2. The lowest BCUT2D eigenvalue weighted by Crippen LogP contribution is -1.99. The molecule has 0 N–H and O–H groups in total. The molecule has 0 atom stereocenters. The summed E-state index contributed by atoms with van der Waals surface area (Å²) in [7, 11) is 3.73. The van der Waals surface area contributed by atoms with Crippen molar-refractivity contribution in [2.75, 3.05) is 7.11 Å². The second kappa shape index (κ2) is 18.1. The fraction of sp³-hybridized carbons (Fsp3) is 0.143. The molecule has 0 aliphatic heterocycles. The van der Waals surface area contributed by atoms with Gasteiger partial charge in [0.05, 0.1) is 7.11 Å². The zero-order valence-electron chi connectivity index (χ0n) is 8.25. The number of ether oxygens (including phenoxy) is 1. The van der Waals surface area contributed by atoms with Gasteiger partial charge in [-0.05, 0) is 12.1 Å². The molecule has 0 bridgehead atoms. The van der Waals surface area contributed by atoms with Crippen molar-refractivity contribution in [2.45, 2.75) is 0 Å². The SMILES string of the molecule is Bc1ccc(OC)cc1.F.F.F.F.N#N. The molecule has 0 saturated heterocycles. The van der Waals surface area contributed by atoms with Crippen LogP contribution in [-0.2, 0) is 0 Å². The van der Waals surface area contributed by atoms with Gasteiger partial charge in [-0.1, -0.05) is 17.6 Å². The average molecular weight is 228 g/mol. The van der Waals surface area contributed by atoms with Gasteiger partial charge in [0.2, 0.25) is 0 Å². The Morgan fingerprint density at radius 3 is 1.53 bits per heavy atom. The Morgan fingerprint density at radius 2 is 1.27 bits per heavy atom. The summed E-state index contributed by atoms with van der Waals surface area (Å²) in [6.07, 6.45) is 0. The molecule has 8 heteroatoms. The summed E-state index contributed by atoms with van der Waals surface area (Å²) >= 11 is 0. The standard InChI is InChI=1S/C7H9BO.4FH.N2/c1-9-7-4-2-6(8)3-5-7;;;;;1-2/h2-5H,8H2,1H3;4*1H;. The minimum absolute atomic E-state index is 0. The zero-order valence-corrected chi connectivity index (χ0v) is 8.25. The fourth-order valence-electron chi connectivity index (χ4n) is 0.674. The van der Waals surface area contributed by atoms with Crippen LogP contribution in [0.2, 0.25) is 0 Å². The first-order chi connectivity index (χ1) is 5.33. The van der Waals surface area contributed by atoms with Crippen LogP contribution in [0.25, 0.3) is 0 Å². The van der Waals surface area contributed by atoms with Gasteiger partial charge in [-0.15, -0.1) is 0 Å². The normalized spacial score (nSPS) is 5.53. The summed E-state index contributed by atoms with van der Waals surface area (Å²) in [5, 5.41) is 12.0. The minimum Gasteiger partial charge on any atom is -0.497 e. The third kappa shape index (κ3) is 12.2. The van der Waals surface area contributed by atoms with Crippen molar-refractivity contribution in [1.29, 1.82) is 10.8 Å². The Morgan fingerprint density at radius 1 is 0.933 bits per heavy atom. The summed E-state index contributed by atoms with van der Waals surface area (Å²) in [6, 6.07) is 7.96. The topological polar surface area (TPSA) is 56.8 Å². The molecule has 0 aromatic heterocycles. The van der Waals surface area contributed by atoms with E-state index in [4.69, 9.17) is 15.5 Å². The van der Waals surface area contributed by atoms with Crippen LogP contribution in [0.4, 0.5) is 18.8 Å². The highest BCUT2D eigenvalue weighted by molar-refractivity contribution is 6.32. The molecule has 1 rings (SSSR count). The molecule has 0 radical (unpaired) electrons. The van der Waals surface area contributed by atoms with E-state index in [9.17, 15) is 0 Å². The van der Waals surface area contributed by atoms with Crippen molar-refractivity contribution in [3.63, 3.8) is 0 Å². The third-order valence-electron chi connectivity index (χ3n) is 1.26. The molecule has 0 fully saturated rings. The lowest BCUT2D eigenvalue weighted by atomic mass is 9.97. The number of methoxy groups -OCH3 is 1. The Labute approximate surface area is 85.7 Å². The predicted molar refractivity (Wildman–Crippen MR) is 54.6 cm³/mol. The maximum absolute atomic E-state index is 6.00. The van der Waals surface area contributed by atoms with E-state index in [0.717, 1.165) is 5.75 Å². The van der Waals surface area contributed by atoms with Crippen LogP contribution >= 0.6 is 0 Å². The second-order valence-electron chi connectivity index (χ2n) is 2.02. The molecule has 0 amide bonds. The molecular weight excluding hydrogens is 215 g/mol. The average Bonchev–Trinajstić information content (AvgIpc) is 2.10. The maximum Gasteiger partial charge on any atom is 0.139 e. The van der Waals surface area contributed by atoms with Crippen LogP contribution in [0.3, 0.4) is 0 Å². The van der Waals surface area contributed by atoms with Gasteiger partial charge < -0.3 is 4.74 Å². The number of halogens is 4. The summed E-state index contributed by atoms with van der Waals surface area (Å²) < 4.78 is 4.97. The zero-order chi connectivity index (χ0) is 8.69. The van der Waals surface area contributed by atoms with E-state index >= 15 is 0 Å². The highest BCUT2D eigenvalue weighted by atomic mass is 19.0. The van der Waals surface area contributed by atoms with Crippen LogP contribution in [0, 0.1) is 10.8 Å². The number of benzene rings is 1. The van der Waals surface area contributed by atoms with Crippen LogP contribution in [0.5, 0.6) is 5.75 Å². The second-order valence-corrected chi connectivity index (χ2v) is 2.02. The molecule has 15 heavy (non-hydrogen) atoms. The molecule has 0 saturated carbocycles. The summed E-state index contributed by atoms with van der Waals surface area (Å²) in [5.41, 5.74) is 1.26. The van der Waals surface area contributed by atoms with Gasteiger partial charge in [-0.25, -0.2) is 0 Å². The van der Waals surface area contributed by atoms with Crippen molar-refractivity contribution < 1.29 is 23.6 Å². The molecule has 0 aliphatic rings. The fourth-order valence-corrected chi connectivity index (χ4v) is 0.674. The molecular formula is C7H13BF4N2O. The van der Waals surface area contributed by atoms with Gasteiger partial charge in [-0.3, -0.25) is 18.8 Å².